The molecule has 5 amide bonds. The SMILES string of the molecule is CCCNc1cc(C(=O)Nc2ccc(Cl)c(-c3ccccn3)c2)ccn1.O=C(Nc1ccc(Cl)c(-c2ccccn2)c1)c1ccc(N2CCOCC2)cc1.O=C(Nc1ccc(Cl)c(-c2ccccn2)c1)c1ccc(NCCCN2CCCC2=O)nc1.O=C(Nc1ccc(Cl)c(-c2ccccn2)c1)c1ccc(S(=O)(=O)NCCCO)cc1. The first-order valence-corrected chi connectivity index (χ1v) is 40.3. The molecular formula is C87H83Cl4N15O9S. The van der Waals surface area contributed by atoms with Crippen molar-refractivity contribution in [1.29, 1.82) is 0 Å². The first kappa shape index (κ1) is 84.9. The molecule has 14 rings (SSSR count). The zero-order valence-corrected chi connectivity index (χ0v) is 66.9. The highest BCUT2D eigenvalue weighted by Crippen LogP contribution is 2.34. The average Bonchev–Trinajstić information content (AvgIpc) is 1.16. The molecule has 594 valence electrons. The second-order valence-corrected chi connectivity index (χ2v) is 29.5. The van der Waals surface area contributed by atoms with Crippen LogP contribution in [0.5, 0.6) is 0 Å². The van der Waals surface area contributed by atoms with Gasteiger partial charge >= 0.3 is 0 Å². The fraction of sp³-hybridized carbons (Fsp3) is 0.184. The van der Waals surface area contributed by atoms with Crippen LogP contribution in [0.2, 0.25) is 20.1 Å². The molecule has 0 atom stereocenters. The molecule has 12 aromatic rings. The number of aliphatic hydroxyl groups is 1. The first-order chi connectivity index (χ1) is 56.4. The van der Waals surface area contributed by atoms with E-state index in [1.54, 1.807) is 122 Å². The van der Waals surface area contributed by atoms with E-state index >= 15 is 0 Å². The van der Waals surface area contributed by atoms with Gasteiger partial charge in [-0.25, -0.2) is 23.1 Å². The molecular weight excluding hydrogens is 1570 g/mol. The number of hydrogen-bond acceptors (Lipinski definition) is 18. The number of likely N-dealkylation sites (tertiary alicyclic amines) is 1. The topological polar surface area (TPSA) is 317 Å². The van der Waals surface area contributed by atoms with E-state index in [-0.39, 0.29) is 47.6 Å². The molecule has 24 nitrogen and oxygen atoms in total. The Hall–Kier alpha value is -12.0. The van der Waals surface area contributed by atoms with Crippen molar-refractivity contribution in [2.24, 2.45) is 0 Å². The lowest BCUT2D eigenvalue weighted by molar-refractivity contribution is -0.127. The molecule has 0 saturated carbocycles. The Morgan fingerprint density at radius 2 is 0.888 bits per heavy atom. The monoisotopic (exact) mass is 1650 g/mol. The van der Waals surface area contributed by atoms with E-state index in [0.717, 1.165) is 105 Å². The minimum Gasteiger partial charge on any atom is -0.396 e. The standard InChI is InChI=1S/C24H24ClN5O2.C22H20ClN3O2.C21H20ClN3O4S.C20H19ClN4O/c25-20-9-8-18(15-19(20)21-5-1-2-11-26-21)29-24(32)17-7-10-22(28-16-17)27-12-4-14-30-13-3-6-23(30)31;23-20-9-6-17(15-19(20)21-3-1-2-10-24-21)25-22(27)16-4-7-18(8-5-16)26-11-13-28-14-12-26;22-19-10-7-16(14-18(19)20-4-1-2-11-23-20)25-21(27)15-5-8-17(9-6-15)30(28,29)24-12-3-13-26;1-2-9-23-19-12-14(8-11-24-19)20(26)25-15-6-7-17(21)16(13-15)18-5-3-4-10-22-18/h1-2,5,7-11,15-16H,3-4,6,12-14H2,(H,27,28)(H,29,32);1-10,15H,11-14H2,(H,25,27);1-2,4-11,14,24,26H,3,12-13H2,(H,25,27);3-8,10-13H,2,9H2,1H3,(H,23,24)(H,25,26). The Bertz CT molecular complexity index is 5410. The molecule has 0 bridgehead atoms. The summed E-state index contributed by atoms with van der Waals surface area (Å²) in [4.78, 5) is 92.0. The Kier molecular flexibility index (Phi) is 31.4. The number of hydrogen-bond donors (Lipinski definition) is 8. The summed E-state index contributed by atoms with van der Waals surface area (Å²) in [5, 5.41) is 28.9. The average molecular weight is 1660 g/mol. The van der Waals surface area contributed by atoms with Crippen LogP contribution in [0.25, 0.3) is 45.0 Å². The van der Waals surface area contributed by atoms with Gasteiger partial charge in [-0.05, 0) is 220 Å². The fourth-order valence-corrected chi connectivity index (χ4v) is 13.8. The molecule has 2 saturated heterocycles. The Morgan fingerprint density at radius 3 is 1.30 bits per heavy atom. The van der Waals surface area contributed by atoms with Crippen molar-refractivity contribution < 1.29 is 42.2 Å². The van der Waals surface area contributed by atoms with E-state index in [1.807, 2.05) is 108 Å². The number of anilines is 7. The van der Waals surface area contributed by atoms with Gasteiger partial charge in [-0.15, -0.1) is 0 Å². The highest BCUT2D eigenvalue weighted by Gasteiger charge is 2.21. The maximum atomic E-state index is 12.6. The van der Waals surface area contributed by atoms with Crippen LogP contribution in [0.1, 0.15) is 80.5 Å². The number of nitrogens with one attached hydrogen (secondary N) is 7. The van der Waals surface area contributed by atoms with Gasteiger partial charge < -0.3 is 51.5 Å². The number of carbonyl (C=O) groups excluding carboxylic acids is 5. The van der Waals surface area contributed by atoms with Gasteiger partial charge in [0.1, 0.15) is 11.6 Å². The van der Waals surface area contributed by atoms with Gasteiger partial charge in [-0.3, -0.25) is 43.9 Å². The summed E-state index contributed by atoms with van der Waals surface area (Å²) >= 11 is 25.2. The summed E-state index contributed by atoms with van der Waals surface area (Å²) in [7, 11) is -3.69. The summed E-state index contributed by atoms with van der Waals surface area (Å²) in [6, 6.07) is 63.6. The molecule has 0 radical (unpaired) electrons. The van der Waals surface area contributed by atoms with Crippen molar-refractivity contribution in [3.05, 3.63) is 298 Å². The molecule has 8 N–H and O–H groups in total. The van der Waals surface area contributed by atoms with E-state index < -0.39 is 10.0 Å². The minimum absolute atomic E-state index is 0.0425. The molecule has 0 spiro atoms. The summed E-state index contributed by atoms with van der Waals surface area (Å²) in [6.07, 6.45) is 13.7. The van der Waals surface area contributed by atoms with Crippen molar-refractivity contribution in [2.45, 2.75) is 43.9 Å². The van der Waals surface area contributed by atoms with Crippen LogP contribution >= 0.6 is 46.4 Å². The van der Waals surface area contributed by atoms with Gasteiger partial charge in [0, 0.05) is 163 Å². The maximum absolute atomic E-state index is 12.6. The highest BCUT2D eigenvalue weighted by atomic mass is 35.5. The molecule has 2 aliphatic rings. The van der Waals surface area contributed by atoms with E-state index in [0.29, 0.717) is 107 Å². The van der Waals surface area contributed by atoms with Crippen molar-refractivity contribution in [3.63, 3.8) is 0 Å². The van der Waals surface area contributed by atoms with Crippen LogP contribution in [-0.4, -0.2) is 143 Å². The van der Waals surface area contributed by atoms with Crippen LogP contribution in [0, 0.1) is 0 Å². The number of carbonyl (C=O) groups is 5. The third-order valence-corrected chi connectivity index (χ3v) is 20.7. The molecule has 8 heterocycles. The molecule has 0 unspecified atom stereocenters. The third kappa shape index (κ3) is 24.7. The molecule has 2 fully saturated rings. The van der Waals surface area contributed by atoms with Gasteiger partial charge in [-0.2, -0.15) is 0 Å². The zero-order chi connectivity index (χ0) is 81.6. The predicted molar refractivity (Wildman–Crippen MR) is 460 cm³/mol. The first-order valence-electron chi connectivity index (χ1n) is 37.3. The van der Waals surface area contributed by atoms with Gasteiger partial charge in [0.15, 0.2) is 0 Å². The van der Waals surface area contributed by atoms with Crippen molar-refractivity contribution in [1.82, 2.24) is 39.5 Å². The minimum atomic E-state index is -3.69. The van der Waals surface area contributed by atoms with Crippen LogP contribution in [0.15, 0.2) is 260 Å². The number of halogens is 4. The number of sulfonamides is 1. The van der Waals surface area contributed by atoms with E-state index in [9.17, 15) is 32.4 Å². The maximum Gasteiger partial charge on any atom is 0.257 e. The lowest BCUT2D eigenvalue weighted by atomic mass is 10.1. The lowest BCUT2D eigenvalue weighted by Gasteiger charge is -2.28. The second-order valence-electron chi connectivity index (χ2n) is 26.2. The summed E-state index contributed by atoms with van der Waals surface area (Å²) in [5.41, 5.74) is 11.4. The highest BCUT2D eigenvalue weighted by molar-refractivity contribution is 7.89. The number of nitrogens with zero attached hydrogens (tertiary/aromatic N) is 8. The van der Waals surface area contributed by atoms with E-state index in [1.165, 1.54) is 30.5 Å². The molecule has 2 aliphatic heterocycles. The predicted octanol–water partition coefficient (Wildman–Crippen LogP) is 17.2. The molecule has 0 aliphatic carbocycles. The normalized spacial score (nSPS) is 12.3. The Morgan fingerprint density at radius 1 is 0.448 bits per heavy atom. The van der Waals surface area contributed by atoms with Crippen molar-refractivity contribution >= 4 is 126 Å². The van der Waals surface area contributed by atoms with Crippen LogP contribution in [0.4, 0.5) is 40.1 Å². The molecule has 29 heteroatoms. The Labute approximate surface area is 692 Å². The third-order valence-electron chi connectivity index (χ3n) is 17.9. The quantitative estimate of drug-likeness (QED) is 0.0234. The van der Waals surface area contributed by atoms with Gasteiger partial charge in [0.05, 0.1) is 66.5 Å². The lowest BCUT2D eigenvalue weighted by Crippen LogP contribution is -2.36. The van der Waals surface area contributed by atoms with Gasteiger partial charge in [-0.1, -0.05) is 77.6 Å². The summed E-state index contributed by atoms with van der Waals surface area (Å²) < 4.78 is 32.1. The van der Waals surface area contributed by atoms with Crippen molar-refractivity contribution in [3.8, 4) is 45.0 Å². The number of amides is 5. The van der Waals surface area contributed by atoms with E-state index in [2.05, 4.69) is 78.4 Å². The number of ether oxygens (including phenoxy) is 1. The number of benzene rings is 6. The largest absolute Gasteiger partial charge is 0.396 e. The fourth-order valence-electron chi connectivity index (χ4n) is 11.9. The van der Waals surface area contributed by atoms with E-state index in [4.69, 9.17) is 56.2 Å². The molecule has 6 aromatic carbocycles. The number of aliphatic hydroxyl groups excluding tert-OH is 1. The zero-order valence-electron chi connectivity index (χ0n) is 63.1. The Balaban J connectivity index is 0.000000152. The van der Waals surface area contributed by atoms with Crippen LogP contribution in [0.3, 0.4) is 0 Å². The molecule has 116 heavy (non-hydrogen) atoms. The molecule has 6 aromatic heterocycles. The summed E-state index contributed by atoms with van der Waals surface area (Å²) in [6.45, 7) is 8.44. The number of rotatable bonds is 26. The van der Waals surface area contributed by atoms with Gasteiger partial charge in [0.2, 0.25) is 15.9 Å². The smallest absolute Gasteiger partial charge is 0.257 e. The van der Waals surface area contributed by atoms with Crippen molar-refractivity contribution in [2.75, 3.05) is 102 Å². The van der Waals surface area contributed by atoms with Crippen LogP contribution in [-0.2, 0) is 19.6 Å². The van der Waals surface area contributed by atoms with Crippen LogP contribution < -0.4 is 41.5 Å². The second kappa shape index (κ2) is 42.9. The number of pyridine rings is 6. The number of aromatic nitrogens is 6. The summed E-state index contributed by atoms with van der Waals surface area (Å²) in [5.74, 6) is 0.603. The van der Waals surface area contributed by atoms with Gasteiger partial charge in [0.25, 0.3) is 23.6 Å². The number of morpholine rings is 1.